The Labute approximate surface area is 123 Å². The summed E-state index contributed by atoms with van der Waals surface area (Å²) in [6, 6.07) is 9.22. The minimum Gasteiger partial charge on any atom is -0.477 e. The molecule has 1 aromatic heterocycles. The molecule has 20 heavy (non-hydrogen) atoms. The first-order valence-electron chi connectivity index (χ1n) is 6.62. The molecule has 1 N–H and O–H groups in total. The van der Waals surface area contributed by atoms with Crippen molar-refractivity contribution in [3.05, 3.63) is 58.4 Å². The maximum Gasteiger partial charge on any atom is 0.352 e. The zero-order valence-electron chi connectivity index (χ0n) is 11.6. The van der Waals surface area contributed by atoms with E-state index in [2.05, 4.69) is 13.8 Å². The van der Waals surface area contributed by atoms with Crippen molar-refractivity contribution in [1.29, 1.82) is 0 Å². The first-order chi connectivity index (χ1) is 9.45. The Morgan fingerprint density at radius 2 is 1.90 bits per heavy atom. The number of halogens is 1. The van der Waals surface area contributed by atoms with E-state index >= 15 is 0 Å². The molecular formula is C16H18ClNO2. The standard InChI is InChI=1S/C16H18ClNO2/c1-11(2)7-13-8-15(16(19)20)18(10-13)9-12-3-5-14(17)6-4-12/h3-6,8,10-11H,7,9H2,1-2H3,(H,19,20). The molecule has 3 nitrogen and oxygen atoms in total. The van der Waals surface area contributed by atoms with Crippen LogP contribution in [0.1, 0.15) is 35.5 Å². The smallest absolute Gasteiger partial charge is 0.352 e. The summed E-state index contributed by atoms with van der Waals surface area (Å²) in [6.07, 6.45) is 2.81. The van der Waals surface area contributed by atoms with Gasteiger partial charge < -0.3 is 9.67 Å². The van der Waals surface area contributed by atoms with Gasteiger partial charge >= 0.3 is 5.97 Å². The fourth-order valence-corrected chi connectivity index (χ4v) is 2.38. The highest BCUT2D eigenvalue weighted by Crippen LogP contribution is 2.17. The molecular weight excluding hydrogens is 274 g/mol. The molecule has 0 amide bonds. The molecule has 0 saturated heterocycles. The van der Waals surface area contributed by atoms with Gasteiger partial charge in [-0.15, -0.1) is 0 Å². The summed E-state index contributed by atoms with van der Waals surface area (Å²) in [5.41, 5.74) is 2.42. The second-order valence-corrected chi connectivity index (χ2v) is 5.83. The van der Waals surface area contributed by atoms with Crippen LogP contribution < -0.4 is 0 Å². The van der Waals surface area contributed by atoms with Crippen molar-refractivity contribution in [2.75, 3.05) is 0 Å². The highest BCUT2D eigenvalue weighted by molar-refractivity contribution is 6.30. The van der Waals surface area contributed by atoms with Crippen molar-refractivity contribution in [3.63, 3.8) is 0 Å². The van der Waals surface area contributed by atoms with E-state index in [0.717, 1.165) is 17.5 Å². The normalized spacial score (nSPS) is 11.0. The van der Waals surface area contributed by atoms with E-state index in [0.29, 0.717) is 23.2 Å². The highest BCUT2D eigenvalue weighted by atomic mass is 35.5. The number of benzene rings is 1. The SMILES string of the molecule is CC(C)Cc1cc(C(=O)O)n(Cc2ccc(Cl)cc2)c1. The number of hydrogen-bond donors (Lipinski definition) is 1. The van der Waals surface area contributed by atoms with Crippen LogP contribution >= 0.6 is 11.6 Å². The quantitative estimate of drug-likeness (QED) is 0.901. The van der Waals surface area contributed by atoms with Gasteiger partial charge in [0, 0.05) is 17.8 Å². The van der Waals surface area contributed by atoms with Crippen LogP contribution in [-0.2, 0) is 13.0 Å². The van der Waals surface area contributed by atoms with Gasteiger partial charge in [-0.1, -0.05) is 37.6 Å². The monoisotopic (exact) mass is 291 g/mol. The van der Waals surface area contributed by atoms with Gasteiger partial charge in [-0.05, 0) is 41.7 Å². The lowest BCUT2D eigenvalue weighted by atomic mass is 10.1. The fourth-order valence-electron chi connectivity index (χ4n) is 2.25. The Morgan fingerprint density at radius 1 is 1.25 bits per heavy atom. The summed E-state index contributed by atoms with van der Waals surface area (Å²) in [7, 11) is 0. The van der Waals surface area contributed by atoms with Crippen molar-refractivity contribution >= 4 is 17.6 Å². The first-order valence-corrected chi connectivity index (χ1v) is 7.00. The second-order valence-electron chi connectivity index (χ2n) is 5.39. The molecule has 0 unspecified atom stereocenters. The molecule has 4 heteroatoms. The third-order valence-corrected chi connectivity index (χ3v) is 3.33. The largest absolute Gasteiger partial charge is 0.477 e. The number of rotatable bonds is 5. The van der Waals surface area contributed by atoms with Crippen LogP contribution in [0.4, 0.5) is 0 Å². The third-order valence-electron chi connectivity index (χ3n) is 3.08. The summed E-state index contributed by atoms with van der Waals surface area (Å²) < 4.78 is 1.78. The lowest BCUT2D eigenvalue weighted by Crippen LogP contribution is -2.08. The minimum absolute atomic E-state index is 0.329. The molecule has 0 atom stereocenters. The lowest BCUT2D eigenvalue weighted by molar-refractivity contribution is 0.0685. The van der Waals surface area contributed by atoms with E-state index in [-0.39, 0.29) is 0 Å². The second kappa shape index (κ2) is 6.14. The molecule has 0 aliphatic rings. The van der Waals surface area contributed by atoms with E-state index in [1.54, 1.807) is 10.6 Å². The number of carboxylic acid groups (broad SMARTS) is 1. The van der Waals surface area contributed by atoms with Crippen molar-refractivity contribution in [3.8, 4) is 0 Å². The molecule has 0 bridgehead atoms. The molecule has 0 fully saturated rings. The molecule has 1 heterocycles. The Kier molecular flexibility index (Phi) is 4.50. The summed E-state index contributed by atoms with van der Waals surface area (Å²) in [4.78, 5) is 11.3. The molecule has 1 aromatic carbocycles. The maximum atomic E-state index is 11.3. The van der Waals surface area contributed by atoms with E-state index in [1.807, 2.05) is 30.5 Å². The topological polar surface area (TPSA) is 42.2 Å². The number of nitrogens with zero attached hydrogens (tertiary/aromatic N) is 1. The number of aromatic nitrogens is 1. The number of hydrogen-bond acceptors (Lipinski definition) is 1. The Balaban J connectivity index is 2.27. The molecule has 106 valence electrons. The Bertz CT molecular complexity index is 599. The zero-order chi connectivity index (χ0) is 14.7. The molecule has 0 radical (unpaired) electrons. The van der Waals surface area contributed by atoms with Crippen LogP contribution in [-0.4, -0.2) is 15.6 Å². The van der Waals surface area contributed by atoms with Crippen LogP contribution in [0.2, 0.25) is 5.02 Å². The fraction of sp³-hybridized carbons (Fsp3) is 0.312. The third kappa shape index (κ3) is 3.64. The molecule has 2 aromatic rings. The predicted octanol–water partition coefficient (Wildman–Crippen LogP) is 4.09. The summed E-state index contributed by atoms with van der Waals surface area (Å²) in [5.74, 6) is -0.392. The van der Waals surface area contributed by atoms with E-state index in [4.69, 9.17) is 11.6 Å². The van der Waals surface area contributed by atoms with Crippen molar-refractivity contribution in [2.24, 2.45) is 5.92 Å². The van der Waals surface area contributed by atoms with Gasteiger partial charge in [-0.3, -0.25) is 0 Å². The van der Waals surface area contributed by atoms with Crippen LogP contribution in [0.15, 0.2) is 36.5 Å². The highest BCUT2D eigenvalue weighted by Gasteiger charge is 2.13. The first kappa shape index (κ1) is 14.7. The number of carbonyl (C=O) groups is 1. The summed E-state index contributed by atoms with van der Waals surface area (Å²) in [5, 5.41) is 9.97. The number of carboxylic acids is 1. The molecule has 0 aliphatic heterocycles. The molecule has 0 saturated carbocycles. The maximum absolute atomic E-state index is 11.3. The van der Waals surface area contributed by atoms with Gasteiger partial charge in [0.1, 0.15) is 5.69 Å². The minimum atomic E-state index is -0.894. The van der Waals surface area contributed by atoms with Gasteiger partial charge in [0.25, 0.3) is 0 Å². The van der Waals surface area contributed by atoms with Gasteiger partial charge in [-0.25, -0.2) is 4.79 Å². The van der Waals surface area contributed by atoms with Gasteiger partial charge in [0.05, 0.1) is 0 Å². The van der Waals surface area contributed by atoms with Gasteiger partial charge in [0.15, 0.2) is 0 Å². The summed E-state index contributed by atoms with van der Waals surface area (Å²) >= 11 is 5.86. The predicted molar refractivity (Wildman–Crippen MR) is 80.5 cm³/mol. The lowest BCUT2D eigenvalue weighted by Gasteiger charge is -2.06. The Hall–Kier alpha value is -1.74. The molecule has 0 spiro atoms. The van der Waals surface area contributed by atoms with Crippen LogP contribution in [0.5, 0.6) is 0 Å². The van der Waals surface area contributed by atoms with Crippen molar-refractivity contribution < 1.29 is 9.90 Å². The van der Waals surface area contributed by atoms with Gasteiger partial charge in [0.2, 0.25) is 0 Å². The van der Waals surface area contributed by atoms with Crippen LogP contribution in [0.25, 0.3) is 0 Å². The van der Waals surface area contributed by atoms with Crippen molar-refractivity contribution in [1.82, 2.24) is 4.57 Å². The number of aromatic carboxylic acids is 1. The average Bonchev–Trinajstić information content (AvgIpc) is 2.74. The zero-order valence-corrected chi connectivity index (χ0v) is 12.4. The van der Waals surface area contributed by atoms with Crippen LogP contribution in [0, 0.1) is 5.92 Å². The van der Waals surface area contributed by atoms with E-state index in [9.17, 15) is 9.90 Å². The average molecular weight is 292 g/mol. The van der Waals surface area contributed by atoms with Crippen LogP contribution in [0.3, 0.4) is 0 Å². The molecule has 2 rings (SSSR count). The molecule has 0 aliphatic carbocycles. The van der Waals surface area contributed by atoms with E-state index < -0.39 is 5.97 Å². The van der Waals surface area contributed by atoms with Gasteiger partial charge in [-0.2, -0.15) is 0 Å². The Morgan fingerprint density at radius 3 is 2.45 bits per heavy atom. The van der Waals surface area contributed by atoms with E-state index in [1.165, 1.54) is 0 Å². The van der Waals surface area contributed by atoms with Crippen molar-refractivity contribution in [2.45, 2.75) is 26.8 Å². The summed E-state index contributed by atoms with van der Waals surface area (Å²) in [6.45, 7) is 4.78.